The Balaban J connectivity index is 1.74. The Morgan fingerprint density at radius 3 is 2.39 bits per heavy atom. The summed E-state index contributed by atoms with van der Waals surface area (Å²) in [5.74, 6) is -0.338. The van der Waals surface area contributed by atoms with Crippen molar-refractivity contribution in [2.24, 2.45) is 0 Å². The normalized spacial score (nSPS) is 15.6. The molecule has 2 N–H and O–H groups in total. The second-order valence-electron chi connectivity index (χ2n) is 7.30. The van der Waals surface area contributed by atoms with Crippen LogP contribution in [-0.2, 0) is 10.2 Å². The first-order valence-electron chi connectivity index (χ1n) is 8.55. The number of hydrogen-bond acceptors (Lipinski definition) is 5. The fourth-order valence-corrected chi connectivity index (χ4v) is 3.73. The minimum atomic E-state index is -0.438. The third kappa shape index (κ3) is 4.72. The van der Waals surface area contributed by atoms with Crippen molar-refractivity contribution in [2.75, 3.05) is 0 Å². The van der Waals surface area contributed by atoms with Gasteiger partial charge in [-0.25, -0.2) is 4.79 Å². The third-order valence-corrected chi connectivity index (χ3v) is 5.55. The average Bonchev–Trinajstić information content (AvgIpc) is 2.93. The summed E-state index contributed by atoms with van der Waals surface area (Å²) in [7, 11) is 0. The molecule has 2 aromatic rings. The number of esters is 1. The molecular formula is C21H19BrN2O3S. The minimum Gasteiger partial charge on any atom is -0.422 e. The molecular weight excluding hydrogens is 440 g/mol. The quantitative estimate of drug-likeness (QED) is 0.380. The Morgan fingerprint density at radius 1 is 1.18 bits per heavy atom. The van der Waals surface area contributed by atoms with Gasteiger partial charge in [-0.05, 0) is 74.6 Å². The highest BCUT2D eigenvalue weighted by Crippen LogP contribution is 2.30. The molecule has 0 aromatic heterocycles. The van der Waals surface area contributed by atoms with Crippen LogP contribution in [0.4, 0.5) is 0 Å². The number of nitrogens with one attached hydrogen (secondary N) is 2. The number of carbonyl (C=O) groups is 2. The highest BCUT2D eigenvalue weighted by Gasteiger charge is 2.22. The second kappa shape index (κ2) is 7.93. The Kier molecular flexibility index (Phi) is 5.76. The van der Waals surface area contributed by atoms with Crippen LogP contribution in [0.15, 0.2) is 51.8 Å². The Morgan fingerprint density at radius 2 is 1.86 bits per heavy atom. The van der Waals surface area contributed by atoms with Crippen LogP contribution in [-0.4, -0.2) is 17.0 Å². The van der Waals surface area contributed by atoms with Gasteiger partial charge in [0.25, 0.3) is 5.91 Å². The summed E-state index contributed by atoms with van der Waals surface area (Å²) in [5, 5.41) is 10.0. The first-order chi connectivity index (χ1) is 13.1. The number of hydrogen-bond donors (Lipinski definition) is 2. The molecule has 0 atom stereocenters. The van der Waals surface area contributed by atoms with Gasteiger partial charge in [-0.15, -0.1) is 0 Å². The molecule has 1 fully saturated rings. The van der Waals surface area contributed by atoms with Crippen molar-refractivity contribution in [3.63, 3.8) is 0 Å². The highest BCUT2D eigenvalue weighted by molar-refractivity contribution is 9.10. The lowest BCUT2D eigenvalue weighted by Gasteiger charge is -2.19. The van der Waals surface area contributed by atoms with Gasteiger partial charge in [-0.2, -0.15) is 0 Å². The SMILES string of the molecule is CC(C)(C)c1ccc(C(=O)Oc2ccc(/C=C3\SC(=N)NC3=O)cc2Br)cc1. The van der Waals surface area contributed by atoms with E-state index in [-0.39, 0.29) is 16.5 Å². The summed E-state index contributed by atoms with van der Waals surface area (Å²) >= 11 is 4.48. The lowest BCUT2D eigenvalue weighted by Crippen LogP contribution is -2.18. The monoisotopic (exact) mass is 458 g/mol. The summed E-state index contributed by atoms with van der Waals surface area (Å²) in [6.45, 7) is 6.35. The van der Waals surface area contributed by atoms with Gasteiger partial charge in [0.2, 0.25) is 0 Å². The number of benzene rings is 2. The maximum atomic E-state index is 12.4. The first-order valence-corrected chi connectivity index (χ1v) is 10.2. The van der Waals surface area contributed by atoms with Crippen LogP contribution < -0.4 is 10.1 Å². The van der Waals surface area contributed by atoms with E-state index in [0.29, 0.717) is 20.7 Å². The molecule has 0 aliphatic carbocycles. The van der Waals surface area contributed by atoms with E-state index in [4.69, 9.17) is 10.1 Å². The third-order valence-electron chi connectivity index (χ3n) is 4.11. The van der Waals surface area contributed by atoms with Crippen LogP contribution in [0, 0.1) is 5.41 Å². The first kappa shape index (κ1) is 20.4. The molecule has 7 heteroatoms. The zero-order valence-electron chi connectivity index (χ0n) is 15.6. The van der Waals surface area contributed by atoms with Crippen molar-refractivity contribution < 1.29 is 14.3 Å². The smallest absolute Gasteiger partial charge is 0.343 e. The fourth-order valence-electron chi connectivity index (χ4n) is 2.55. The summed E-state index contributed by atoms with van der Waals surface area (Å²) in [6.07, 6.45) is 1.68. The predicted molar refractivity (Wildman–Crippen MR) is 116 cm³/mol. The van der Waals surface area contributed by atoms with Crippen molar-refractivity contribution in [3.05, 3.63) is 68.5 Å². The topological polar surface area (TPSA) is 79.2 Å². The molecule has 2 aromatic carbocycles. The molecule has 0 spiro atoms. The van der Waals surface area contributed by atoms with Crippen LogP contribution in [0.2, 0.25) is 0 Å². The van der Waals surface area contributed by atoms with Gasteiger partial charge in [-0.3, -0.25) is 10.2 Å². The van der Waals surface area contributed by atoms with Crippen LogP contribution in [0.25, 0.3) is 6.08 Å². The predicted octanol–water partition coefficient (Wildman–Crippen LogP) is 5.10. The maximum absolute atomic E-state index is 12.4. The van der Waals surface area contributed by atoms with Gasteiger partial charge in [0.05, 0.1) is 14.9 Å². The largest absolute Gasteiger partial charge is 0.422 e. The summed E-state index contributed by atoms with van der Waals surface area (Å²) in [6, 6.07) is 12.6. The molecule has 1 saturated heterocycles. The lowest BCUT2D eigenvalue weighted by atomic mass is 9.87. The van der Waals surface area contributed by atoms with E-state index in [0.717, 1.165) is 22.9 Å². The number of halogens is 1. The molecule has 0 radical (unpaired) electrons. The number of thioether (sulfide) groups is 1. The Labute approximate surface area is 176 Å². The summed E-state index contributed by atoms with van der Waals surface area (Å²) in [5.41, 5.74) is 2.39. The van der Waals surface area contributed by atoms with Crippen LogP contribution >= 0.6 is 27.7 Å². The molecule has 1 heterocycles. The molecule has 0 unspecified atom stereocenters. The number of amidine groups is 1. The number of ether oxygens (including phenoxy) is 1. The highest BCUT2D eigenvalue weighted by atomic mass is 79.9. The Bertz CT molecular complexity index is 992. The molecule has 1 aliphatic heterocycles. The maximum Gasteiger partial charge on any atom is 0.343 e. The van der Waals surface area contributed by atoms with E-state index in [1.807, 2.05) is 12.1 Å². The van der Waals surface area contributed by atoms with Gasteiger partial charge >= 0.3 is 5.97 Å². The van der Waals surface area contributed by atoms with E-state index < -0.39 is 5.97 Å². The zero-order chi connectivity index (χ0) is 20.5. The van der Waals surface area contributed by atoms with Gasteiger partial charge in [0.1, 0.15) is 5.75 Å². The zero-order valence-corrected chi connectivity index (χ0v) is 18.0. The second-order valence-corrected chi connectivity index (χ2v) is 9.21. The minimum absolute atomic E-state index is 0.0167. The van der Waals surface area contributed by atoms with Crippen molar-refractivity contribution >= 4 is 50.8 Å². The average molecular weight is 459 g/mol. The summed E-state index contributed by atoms with van der Waals surface area (Å²) in [4.78, 5) is 24.6. The lowest BCUT2D eigenvalue weighted by molar-refractivity contribution is -0.115. The molecule has 28 heavy (non-hydrogen) atoms. The van der Waals surface area contributed by atoms with Crippen LogP contribution in [0.1, 0.15) is 42.3 Å². The van der Waals surface area contributed by atoms with Crippen molar-refractivity contribution in [1.29, 1.82) is 5.41 Å². The Hall–Kier alpha value is -2.38. The molecule has 3 rings (SSSR count). The van der Waals surface area contributed by atoms with Crippen molar-refractivity contribution in [2.45, 2.75) is 26.2 Å². The van der Waals surface area contributed by atoms with E-state index >= 15 is 0 Å². The van der Waals surface area contributed by atoms with Gasteiger partial charge < -0.3 is 10.1 Å². The molecule has 1 aliphatic rings. The van der Waals surface area contributed by atoms with Gasteiger partial charge in [-0.1, -0.05) is 39.0 Å². The number of carbonyl (C=O) groups excluding carboxylic acids is 2. The van der Waals surface area contributed by atoms with E-state index in [2.05, 4.69) is 42.0 Å². The van der Waals surface area contributed by atoms with E-state index in [9.17, 15) is 9.59 Å². The molecule has 1 amide bonds. The fraction of sp³-hybridized carbons (Fsp3) is 0.190. The number of rotatable bonds is 3. The van der Waals surface area contributed by atoms with E-state index in [1.54, 1.807) is 36.4 Å². The molecule has 144 valence electrons. The molecule has 5 nitrogen and oxygen atoms in total. The van der Waals surface area contributed by atoms with E-state index in [1.165, 1.54) is 0 Å². The van der Waals surface area contributed by atoms with Crippen molar-refractivity contribution in [3.8, 4) is 5.75 Å². The summed E-state index contributed by atoms with van der Waals surface area (Å²) < 4.78 is 6.09. The van der Waals surface area contributed by atoms with Gasteiger partial charge in [0, 0.05) is 0 Å². The molecule has 0 saturated carbocycles. The van der Waals surface area contributed by atoms with Crippen LogP contribution in [0.5, 0.6) is 5.75 Å². The van der Waals surface area contributed by atoms with Crippen molar-refractivity contribution in [1.82, 2.24) is 5.32 Å². The van der Waals surface area contributed by atoms with Gasteiger partial charge in [0.15, 0.2) is 5.17 Å². The molecule has 0 bridgehead atoms. The standard InChI is InChI=1S/C21H19BrN2O3S/c1-21(2,3)14-7-5-13(6-8-14)19(26)27-16-9-4-12(10-15(16)22)11-17-18(25)24-20(23)28-17/h4-11H,1-3H3,(H2,23,24,25)/b17-11-. The number of amides is 1. The van der Waals surface area contributed by atoms with Crippen LogP contribution in [0.3, 0.4) is 0 Å².